The van der Waals surface area contributed by atoms with E-state index in [9.17, 15) is 12.8 Å². The number of benzene rings is 1. The average Bonchev–Trinajstić information content (AvgIpc) is 3.23. The minimum Gasteiger partial charge on any atom is -0.354 e. The van der Waals surface area contributed by atoms with E-state index in [2.05, 4.69) is 15.1 Å². The van der Waals surface area contributed by atoms with E-state index >= 15 is 0 Å². The lowest BCUT2D eigenvalue weighted by Crippen LogP contribution is -2.49. The lowest BCUT2D eigenvalue weighted by molar-refractivity contribution is 0.383. The fraction of sp³-hybridized carbons (Fsp3) is 0.278. The van der Waals surface area contributed by atoms with Crippen molar-refractivity contribution in [3.8, 4) is 5.82 Å². The Kier molecular flexibility index (Phi) is 4.82. The monoisotopic (exact) mass is 402 g/mol. The van der Waals surface area contributed by atoms with E-state index in [1.165, 1.54) is 16.4 Å². The predicted molar refractivity (Wildman–Crippen MR) is 101 cm³/mol. The van der Waals surface area contributed by atoms with E-state index in [1.54, 1.807) is 17.1 Å². The molecule has 1 aromatic carbocycles. The molecule has 28 heavy (non-hydrogen) atoms. The Hall–Kier alpha value is -2.85. The third-order valence-corrected chi connectivity index (χ3v) is 6.48. The van der Waals surface area contributed by atoms with Crippen LogP contribution in [0.1, 0.15) is 5.82 Å². The van der Waals surface area contributed by atoms with Crippen molar-refractivity contribution in [2.45, 2.75) is 11.8 Å². The average molecular weight is 402 g/mol. The summed E-state index contributed by atoms with van der Waals surface area (Å²) >= 11 is 0. The fourth-order valence-electron chi connectivity index (χ4n) is 3.13. The standard InChI is InChI=1S/C18H19FN6O2S/c1-14-21-17(13-18(22-14)25-8-2-7-20-25)23-9-11-24(12-10-23)28(26,27)16-5-3-15(19)4-6-16/h2-8,13H,9-12H2,1H3. The highest BCUT2D eigenvalue weighted by Crippen LogP contribution is 2.21. The summed E-state index contributed by atoms with van der Waals surface area (Å²) in [6.45, 7) is 3.44. The summed E-state index contributed by atoms with van der Waals surface area (Å²) < 4.78 is 41.7. The van der Waals surface area contributed by atoms with Gasteiger partial charge in [-0.05, 0) is 37.3 Å². The first-order valence-electron chi connectivity index (χ1n) is 8.80. The van der Waals surface area contributed by atoms with Crippen LogP contribution in [0, 0.1) is 12.7 Å². The quantitative estimate of drug-likeness (QED) is 0.659. The number of hydrogen-bond donors (Lipinski definition) is 0. The maximum absolute atomic E-state index is 13.1. The first-order valence-corrected chi connectivity index (χ1v) is 10.2. The largest absolute Gasteiger partial charge is 0.354 e. The molecule has 146 valence electrons. The highest BCUT2D eigenvalue weighted by Gasteiger charge is 2.29. The number of sulfonamides is 1. The summed E-state index contributed by atoms with van der Waals surface area (Å²) in [6.07, 6.45) is 3.48. The molecule has 1 saturated heterocycles. The smallest absolute Gasteiger partial charge is 0.243 e. The maximum atomic E-state index is 13.1. The Bertz CT molecular complexity index is 1060. The maximum Gasteiger partial charge on any atom is 0.243 e. The number of halogens is 1. The zero-order valence-corrected chi connectivity index (χ0v) is 16.0. The fourth-order valence-corrected chi connectivity index (χ4v) is 4.56. The summed E-state index contributed by atoms with van der Waals surface area (Å²) in [5.74, 6) is 1.55. The molecule has 0 saturated carbocycles. The lowest BCUT2D eigenvalue weighted by atomic mass is 10.3. The molecule has 1 aliphatic rings. The molecule has 0 radical (unpaired) electrons. The van der Waals surface area contributed by atoms with Crippen LogP contribution in [-0.2, 0) is 10.0 Å². The van der Waals surface area contributed by atoms with Gasteiger partial charge in [0.1, 0.15) is 17.5 Å². The number of aryl methyl sites for hydroxylation is 1. The van der Waals surface area contributed by atoms with Gasteiger partial charge >= 0.3 is 0 Å². The molecule has 0 N–H and O–H groups in total. The second-order valence-electron chi connectivity index (χ2n) is 6.43. The van der Waals surface area contributed by atoms with Crippen LogP contribution >= 0.6 is 0 Å². The van der Waals surface area contributed by atoms with Crippen LogP contribution in [0.15, 0.2) is 53.7 Å². The zero-order valence-electron chi connectivity index (χ0n) is 15.2. The second kappa shape index (κ2) is 7.28. The molecule has 3 aromatic rings. The van der Waals surface area contributed by atoms with E-state index in [0.717, 1.165) is 18.0 Å². The second-order valence-corrected chi connectivity index (χ2v) is 8.37. The summed E-state index contributed by atoms with van der Waals surface area (Å²) in [5.41, 5.74) is 0. The van der Waals surface area contributed by atoms with Gasteiger partial charge in [0.2, 0.25) is 10.0 Å². The topological polar surface area (TPSA) is 84.2 Å². The molecular formula is C18H19FN6O2S. The Balaban J connectivity index is 1.51. The molecule has 8 nitrogen and oxygen atoms in total. The number of piperazine rings is 1. The molecule has 0 unspecified atom stereocenters. The molecule has 1 aliphatic heterocycles. The molecule has 10 heteroatoms. The Morgan fingerprint density at radius 1 is 1.00 bits per heavy atom. The Labute approximate surface area is 162 Å². The van der Waals surface area contributed by atoms with Gasteiger partial charge in [-0.3, -0.25) is 0 Å². The van der Waals surface area contributed by atoms with E-state index in [0.29, 0.717) is 37.8 Å². The van der Waals surface area contributed by atoms with Crippen LogP contribution in [0.4, 0.5) is 10.2 Å². The third kappa shape index (κ3) is 3.60. The normalized spacial score (nSPS) is 15.7. The van der Waals surface area contributed by atoms with Crippen molar-refractivity contribution in [1.29, 1.82) is 0 Å². The van der Waals surface area contributed by atoms with Crippen molar-refractivity contribution in [2.75, 3.05) is 31.1 Å². The Morgan fingerprint density at radius 3 is 2.32 bits per heavy atom. The van der Waals surface area contributed by atoms with Gasteiger partial charge in [-0.25, -0.2) is 27.5 Å². The van der Waals surface area contributed by atoms with Gasteiger partial charge < -0.3 is 4.90 Å². The minimum absolute atomic E-state index is 0.0983. The molecule has 0 aliphatic carbocycles. The SMILES string of the molecule is Cc1nc(N2CCN(S(=O)(=O)c3ccc(F)cc3)CC2)cc(-n2cccn2)n1. The molecule has 0 amide bonds. The van der Waals surface area contributed by atoms with Crippen molar-refractivity contribution in [3.63, 3.8) is 0 Å². The lowest BCUT2D eigenvalue weighted by Gasteiger charge is -2.34. The molecule has 4 rings (SSSR count). The van der Waals surface area contributed by atoms with Crippen molar-refractivity contribution in [2.24, 2.45) is 0 Å². The van der Waals surface area contributed by atoms with Crippen LogP contribution in [0.5, 0.6) is 0 Å². The van der Waals surface area contributed by atoms with E-state index in [4.69, 9.17) is 0 Å². The van der Waals surface area contributed by atoms with Gasteiger partial charge in [0.05, 0.1) is 4.90 Å². The van der Waals surface area contributed by atoms with Crippen LogP contribution in [0.2, 0.25) is 0 Å². The van der Waals surface area contributed by atoms with Crippen LogP contribution in [0.3, 0.4) is 0 Å². The molecule has 2 aromatic heterocycles. The number of aromatic nitrogens is 4. The summed E-state index contributed by atoms with van der Waals surface area (Å²) in [4.78, 5) is 11.0. The van der Waals surface area contributed by atoms with Gasteiger partial charge in [-0.15, -0.1) is 0 Å². The number of nitrogens with zero attached hydrogens (tertiary/aromatic N) is 6. The van der Waals surface area contributed by atoms with Gasteiger partial charge in [0, 0.05) is 44.6 Å². The van der Waals surface area contributed by atoms with Crippen molar-refractivity contribution in [3.05, 3.63) is 60.4 Å². The highest BCUT2D eigenvalue weighted by atomic mass is 32.2. The summed E-state index contributed by atoms with van der Waals surface area (Å²) in [6, 6.07) is 8.55. The highest BCUT2D eigenvalue weighted by molar-refractivity contribution is 7.89. The minimum atomic E-state index is -3.64. The van der Waals surface area contributed by atoms with Crippen molar-refractivity contribution >= 4 is 15.8 Å². The Morgan fingerprint density at radius 2 is 1.68 bits per heavy atom. The van der Waals surface area contributed by atoms with Crippen molar-refractivity contribution < 1.29 is 12.8 Å². The van der Waals surface area contributed by atoms with Crippen LogP contribution in [0.25, 0.3) is 5.82 Å². The molecule has 1 fully saturated rings. The van der Waals surface area contributed by atoms with E-state index < -0.39 is 15.8 Å². The molecule has 0 atom stereocenters. The molecule has 0 spiro atoms. The summed E-state index contributed by atoms with van der Waals surface area (Å²) in [5, 5.41) is 4.19. The first-order chi connectivity index (χ1) is 13.4. The number of anilines is 1. The van der Waals surface area contributed by atoms with Gasteiger partial charge in [0.25, 0.3) is 0 Å². The molecular weight excluding hydrogens is 383 g/mol. The van der Waals surface area contributed by atoms with Gasteiger partial charge in [0.15, 0.2) is 5.82 Å². The van der Waals surface area contributed by atoms with E-state index in [-0.39, 0.29) is 4.90 Å². The van der Waals surface area contributed by atoms with E-state index in [1.807, 2.05) is 24.0 Å². The molecule has 0 bridgehead atoms. The van der Waals surface area contributed by atoms with Crippen LogP contribution < -0.4 is 4.90 Å². The van der Waals surface area contributed by atoms with Crippen molar-refractivity contribution in [1.82, 2.24) is 24.1 Å². The number of rotatable bonds is 4. The van der Waals surface area contributed by atoms with Gasteiger partial charge in [-0.2, -0.15) is 9.40 Å². The molecule has 3 heterocycles. The predicted octanol–water partition coefficient (Wildman–Crippen LogP) is 1.62. The number of hydrogen-bond acceptors (Lipinski definition) is 6. The van der Waals surface area contributed by atoms with Gasteiger partial charge in [-0.1, -0.05) is 0 Å². The third-order valence-electron chi connectivity index (χ3n) is 4.56. The zero-order chi connectivity index (χ0) is 19.7. The first kappa shape index (κ1) is 18.5. The summed E-state index contributed by atoms with van der Waals surface area (Å²) in [7, 11) is -3.64. The van der Waals surface area contributed by atoms with Crippen LogP contribution in [-0.4, -0.2) is 58.7 Å².